The molecular formula is C11H16O3. The molecule has 0 bridgehead atoms. The van der Waals surface area contributed by atoms with E-state index >= 15 is 0 Å². The Morgan fingerprint density at radius 2 is 2.14 bits per heavy atom. The highest BCUT2D eigenvalue weighted by molar-refractivity contribution is 5.41. The summed E-state index contributed by atoms with van der Waals surface area (Å²) in [4.78, 5) is 0. The fourth-order valence-corrected chi connectivity index (χ4v) is 1.27. The molecule has 0 aromatic heterocycles. The van der Waals surface area contributed by atoms with Crippen molar-refractivity contribution >= 4 is 0 Å². The second-order valence-corrected chi connectivity index (χ2v) is 3.39. The van der Waals surface area contributed by atoms with E-state index in [1.54, 1.807) is 19.1 Å². The molecule has 0 spiro atoms. The summed E-state index contributed by atoms with van der Waals surface area (Å²) < 4.78 is 4.93. The molecule has 1 aromatic carbocycles. The number of aryl methyl sites for hydroxylation is 1. The number of ether oxygens (including phenoxy) is 1. The molecule has 78 valence electrons. The van der Waals surface area contributed by atoms with Crippen LogP contribution in [-0.4, -0.2) is 23.4 Å². The molecule has 0 radical (unpaired) electrons. The van der Waals surface area contributed by atoms with E-state index in [-0.39, 0.29) is 11.9 Å². The minimum absolute atomic E-state index is 0.149. The van der Waals surface area contributed by atoms with E-state index in [4.69, 9.17) is 9.84 Å². The lowest BCUT2D eigenvalue weighted by Gasteiger charge is -2.07. The first-order chi connectivity index (χ1) is 6.63. The molecule has 0 saturated carbocycles. The van der Waals surface area contributed by atoms with Gasteiger partial charge in [-0.15, -0.1) is 0 Å². The van der Waals surface area contributed by atoms with Gasteiger partial charge in [-0.25, -0.2) is 0 Å². The number of phenolic OH excluding ortho intramolecular Hbond substituents is 1. The third-order valence-electron chi connectivity index (χ3n) is 2.09. The fraction of sp³-hybridized carbons (Fsp3) is 0.455. The highest BCUT2D eigenvalue weighted by Crippen LogP contribution is 2.26. The Kier molecular flexibility index (Phi) is 3.77. The number of aromatic hydroxyl groups is 1. The molecule has 0 heterocycles. The third-order valence-corrected chi connectivity index (χ3v) is 2.09. The largest absolute Gasteiger partial charge is 0.504 e. The Bertz CT molecular complexity index is 295. The summed E-state index contributed by atoms with van der Waals surface area (Å²) in [6, 6.07) is 5.29. The van der Waals surface area contributed by atoms with Crippen LogP contribution in [0.1, 0.15) is 18.9 Å². The molecule has 0 aliphatic rings. The average Bonchev–Trinajstić information content (AvgIpc) is 2.15. The van der Waals surface area contributed by atoms with E-state index in [1.165, 1.54) is 7.11 Å². The zero-order valence-corrected chi connectivity index (χ0v) is 8.53. The maximum atomic E-state index is 9.47. The number of aliphatic hydroxyl groups is 1. The number of methoxy groups -OCH3 is 1. The van der Waals surface area contributed by atoms with Gasteiger partial charge in [0.05, 0.1) is 13.2 Å². The molecule has 0 aliphatic heterocycles. The molecule has 1 aromatic rings. The van der Waals surface area contributed by atoms with Crippen LogP contribution in [0, 0.1) is 0 Å². The predicted octanol–water partition coefficient (Wildman–Crippen LogP) is 1.71. The van der Waals surface area contributed by atoms with Gasteiger partial charge < -0.3 is 14.9 Å². The van der Waals surface area contributed by atoms with E-state index in [0.29, 0.717) is 12.2 Å². The number of hydrogen-bond acceptors (Lipinski definition) is 3. The van der Waals surface area contributed by atoms with Crippen LogP contribution in [0.4, 0.5) is 0 Å². The van der Waals surface area contributed by atoms with Crippen molar-refractivity contribution in [1.29, 1.82) is 0 Å². The fourth-order valence-electron chi connectivity index (χ4n) is 1.27. The van der Waals surface area contributed by atoms with Crippen molar-refractivity contribution in [2.75, 3.05) is 7.11 Å². The summed E-state index contributed by atoms with van der Waals surface area (Å²) in [7, 11) is 1.52. The van der Waals surface area contributed by atoms with Gasteiger partial charge in [0.1, 0.15) is 0 Å². The van der Waals surface area contributed by atoms with Crippen LogP contribution < -0.4 is 4.74 Å². The van der Waals surface area contributed by atoms with Gasteiger partial charge in [0.25, 0.3) is 0 Å². The van der Waals surface area contributed by atoms with Gasteiger partial charge in [-0.2, -0.15) is 0 Å². The molecule has 2 N–H and O–H groups in total. The lowest BCUT2D eigenvalue weighted by atomic mass is 10.1. The topological polar surface area (TPSA) is 49.7 Å². The normalized spacial score (nSPS) is 12.5. The lowest BCUT2D eigenvalue weighted by molar-refractivity contribution is 0.185. The molecule has 0 fully saturated rings. The van der Waals surface area contributed by atoms with Crippen molar-refractivity contribution in [1.82, 2.24) is 0 Å². The van der Waals surface area contributed by atoms with Crippen LogP contribution in [0.5, 0.6) is 11.5 Å². The first-order valence-corrected chi connectivity index (χ1v) is 4.67. The van der Waals surface area contributed by atoms with Crippen LogP contribution in [0.2, 0.25) is 0 Å². The summed E-state index contributed by atoms with van der Waals surface area (Å²) in [5, 5.41) is 18.6. The van der Waals surface area contributed by atoms with Gasteiger partial charge in [0.2, 0.25) is 0 Å². The average molecular weight is 196 g/mol. The second kappa shape index (κ2) is 4.86. The quantitative estimate of drug-likeness (QED) is 0.770. The molecule has 14 heavy (non-hydrogen) atoms. The molecule has 3 nitrogen and oxygen atoms in total. The van der Waals surface area contributed by atoms with Gasteiger partial charge in [0, 0.05) is 0 Å². The molecular weight excluding hydrogens is 180 g/mol. The van der Waals surface area contributed by atoms with E-state index < -0.39 is 0 Å². The maximum Gasteiger partial charge on any atom is 0.160 e. The summed E-state index contributed by atoms with van der Waals surface area (Å²) in [5.41, 5.74) is 1.00. The SMILES string of the molecule is COc1ccc(CC[C@H](C)O)cc1O. The van der Waals surface area contributed by atoms with Crippen LogP contribution >= 0.6 is 0 Å². The van der Waals surface area contributed by atoms with Crippen molar-refractivity contribution in [3.8, 4) is 11.5 Å². The Labute approximate surface area is 84.0 Å². The standard InChI is InChI=1S/C11H16O3/c1-8(12)3-4-9-5-6-11(14-2)10(13)7-9/h5-8,12-13H,3-4H2,1-2H3/t8-/m0/s1. The van der Waals surface area contributed by atoms with Gasteiger partial charge in [0.15, 0.2) is 11.5 Å². The zero-order chi connectivity index (χ0) is 10.6. The summed E-state index contributed by atoms with van der Waals surface area (Å²) >= 11 is 0. The predicted molar refractivity (Wildman–Crippen MR) is 54.7 cm³/mol. The summed E-state index contributed by atoms with van der Waals surface area (Å²) in [6.45, 7) is 1.75. The smallest absolute Gasteiger partial charge is 0.160 e. The molecule has 0 unspecified atom stereocenters. The number of aliphatic hydroxyl groups excluding tert-OH is 1. The number of hydrogen-bond donors (Lipinski definition) is 2. The zero-order valence-electron chi connectivity index (χ0n) is 8.53. The number of benzene rings is 1. The molecule has 1 atom stereocenters. The lowest BCUT2D eigenvalue weighted by Crippen LogP contribution is -2.01. The Morgan fingerprint density at radius 1 is 1.43 bits per heavy atom. The molecule has 1 rings (SSSR count). The minimum Gasteiger partial charge on any atom is -0.504 e. The Morgan fingerprint density at radius 3 is 2.64 bits per heavy atom. The van der Waals surface area contributed by atoms with E-state index in [2.05, 4.69) is 0 Å². The van der Waals surface area contributed by atoms with Crippen molar-refractivity contribution in [3.05, 3.63) is 23.8 Å². The van der Waals surface area contributed by atoms with Gasteiger partial charge >= 0.3 is 0 Å². The third kappa shape index (κ3) is 2.92. The second-order valence-electron chi connectivity index (χ2n) is 3.39. The van der Waals surface area contributed by atoms with E-state index in [9.17, 15) is 5.11 Å². The summed E-state index contributed by atoms with van der Waals surface area (Å²) in [5.74, 6) is 0.626. The minimum atomic E-state index is -0.306. The van der Waals surface area contributed by atoms with Crippen LogP contribution in [0.25, 0.3) is 0 Å². The van der Waals surface area contributed by atoms with Crippen molar-refractivity contribution in [2.24, 2.45) is 0 Å². The van der Waals surface area contributed by atoms with Crippen LogP contribution in [-0.2, 0) is 6.42 Å². The van der Waals surface area contributed by atoms with Crippen molar-refractivity contribution < 1.29 is 14.9 Å². The molecule has 0 aliphatic carbocycles. The monoisotopic (exact) mass is 196 g/mol. The molecule has 0 saturated heterocycles. The first kappa shape index (κ1) is 10.9. The number of rotatable bonds is 4. The van der Waals surface area contributed by atoms with E-state index in [1.807, 2.05) is 6.07 Å². The van der Waals surface area contributed by atoms with E-state index in [0.717, 1.165) is 12.0 Å². The Balaban J connectivity index is 2.66. The van der Waals surface area contributed by atoms with Crippen LogP contribution in [0.3, 0.4) is 0 Å². The highest BCUT2D eigenvalue weighted by Gasteiger charge is 2.03. The van der Waals surface area contributed by atoms with Crippen molar-refractivity contribution in [2.45, 2.75) is 25.9 Å². The number of phenols is 1. The van der Waals surface area contributed by atoms with Gasteiger partial charge in [-0.05, 0) is 37.5 Å². The summed E-state index contributed by atoms with van der Waals surface area (Å²) in [6.07, 6.45) is 1.15. The van der Waals surface area contributed by atoms with Crippen LogP contribution in [0.15, 0.2) is 18.2 Å². The van der Waals surface area contributed by atoms with Gasteiger partial charge in [-0.1, -0.05) is 6.07 Å². The highest BCUT2D eigenvalue weighted by atomic mass is 16.5. The van der Waals surface area contributed by atoms with Crippen molar-refractivity contribution in [3.63, 3.8) is 0 Å². The molecule has 3 heteroatoms. The molecule has 0 amide bonds. The maximum absolute atomic E-state index is 9.47. The first-order valence-electron chi connectivity index (χ1n) is 4.67. The Hall–Kier alpha value is -1.22. The van der Waals surface area contributed by atoms with Gasteiger partial charge in [-0.3, -0.25) is 0 Å².